The van der Waals surface area contributed by atoms with E-state index in [1.165, 1.54) is 5.56 Å². The number of anilines is 4. The first-order valence-electron chi connectivity index (χ1n) is 7.15. The highest BCUT2D eigenvalue weighted by Crippen LogP contribution is 2.40. The summed E-state index contributed by atoms with van der Waals surface area (Å²) in [5.74, 6) is 0. The fraction of sp³-hybridized carbons (Fsp3) is 0.353. The van der Waals surface area contributed by atoms with Gasteiger partial charge in [0, 0.05) is 5.69 Å². The van der Waals surface area contributed by atoms with Gasteiger partial charge in [-0.25, -0.2) is 0 Å². The SMILES string of the molecule is CCc1cc2c(cn1)Nc1ccc(C(C)(C)C)cc1N2. The molecular weight excluding hydrogens is 246 g/mol. The van der Waals surface area contributed by atoms with Crippen LogP contribution >= 0.6 is 0 Å². The Morgan fingerprint density at radius 3 is 2.35 bits per heavy atom. The van der Waals surface area contributed by atoms with Crippen molar-refractivity contribution in [2.75, 3.05) is 10.6 Å². The van der Waals surface area contributed by atoms with Crippen molar-refractivity contribution in [3.8, 4) is 0 Å². The molecule has 3 heteroatoms. The molecule has 104 valence electrons. The molecule has 0 aliphatic carbocycles. The number of aryl methyl sites for hydroxylation is 1. The number of nitrogens with one attached hydrogen (secondary N) is 2. The van der Waals surface area contributed by atoms with E-state index in [0.29, 0.717) is 0 Å². The van der Waals surface area contributed by atoms with E-state index in [-0.39, 0.29) is 5.41 Å². The fourth-order valence-corrected chi connectivity index (χ4v) is 2.41. The third-order valence-electron chi connectivity index (χ3n) is 3.75. The van der Waals surface area contributed by atoms with Gasteiger partial charge in [0.15, 0.2) is 0 Å². The van der Waals surface area contributed by atoms with Gasteiger partial charge in [-0.05, 0) is 35.6 Å². The second-order valence-corrected chi connectivity index (χ2v) is 6.34. The van der Waals surface area contributed by atoms with Gasteiger partial charge < -0.3 is 10.6 Å². The summed E-state index contributed by atoms with van der Waals surface area (Å²) in [7, 11) is 0. The molecule has 0 amide bonds. The highest BCUT2D eigenvalue weighted by atomic mass is 15.0. The molecule has 0 saturated carbocycles. The smallest absolute Gasteiger partial charge is 0.0810 e. The predicted molar refractivity (Wildman–Crippen MR) is 85.3 cm³/mol. The molecule has 2 heterocycles. The molecule has 1 aliphatic rings. The van der Waals surface area contributed by atoms with Gasteiger partial charge in [0.2, 0.25) is 0 Å². The molecule has 1 aromatic carbocycles. The van der Waals surface area contributed by atoms with Crippen LogP contribution < -0.4 is 10.6 Å². The molecule has 0 radical (unpaired) electrons. The van der Waals surface area contributed by atoms with E-state index in [1.54, 1.807) is 0 Å². The first-order valence-corrected chi connectivity index (χ1v) is 7.15. The van der Waals surface area contributed by atoms with Crippen molar-refractivity contribution < 1.29 is 0 Å². The second-order valence-electron chi connectivity index (χ2n) is 6.34. The Hall–Kier alpha value is -2.03. The minimum absolute atomic E-state index is 0.157. The zero-order valence-corrected chi connectivity index (χ0v) is 12.5. The van der Waals surface area contributed by atoms with Crippen molar-refractivity contribution in [2.45, 2.75) is 39.5 Å². The first-order chi connectivity index (χ1) is 9.47. The number of fused-ring (bicyclic) bond motifs is 2. The fourth-order valence-electron chi connectivity index (χ4n) is 2.41. The van der Waals surface area contributed by atoms with Crippen molar-refractivity contribution in [2.24, 2.45) is 0 Å². The first kappa shape index (κ1) is 13.0. The maximum absolute atomic E-state index is 4.44. The Bertz CT molecular complexity index is 654. The Balaban J connectivity index is 2.00. The van der Waals surface area contributed by atoms with Crippen molar-refractivity contribution >= 4 is 22.7 Å². The van der Waals surface area contributed by atoms with E-state index in [9.17, 15) is 0 Å². The standard InChI is InChI=1S/C17H21N3/c1-5-12-9-15-16(10-18-12)19-13-7-6-11(17(2,3)4)8-14(13)20-15/h6-10,19-20H,5H2,1-4H3. The topological polar surface area (TPSA) is 37.0 Å². The Kier molecular flexibility index (Phi) is 2.93. The molecule has 0 saturated heterocycles. The molecule has 0 fully saturated rings. The van der Waals surface area contributed by atoms with Crippen LogP contribution in [0.1, 0.15) is 39.0 Å². The molecular formula is C17H21N3. The lowest BCUT2D eigenvalue weighted by atomic mass is 9.86. The zero-order chi connectivity index (χ0) is 14.3. The Labute approximate surface area is 120 Å². The van der Waals surface area contributed by atoms with Crippen LogP contribution in [0.4, 0.5) is 22.7 Å². The molecule has 1 aliphatic heterocycles. The molecule has 3 nitrogen and oxygen atoms in total. The summed E-state index contributed by atoms with van der Waals surface area (Å²) in [6, 6.07) is 8.68. The van der Waals surface area contributed by atoms with Crippen molar-refractivity contribution in [3.05, 3.63) is 41.7 Å². The third kappa shape index (κ3) is 2.24. The van der Waals surface area contributed by atoms with Crippen LogP contribution in [0.25, 0.3) is 0 Å². The van der Waals surface area contributed by atoms with Gasteiger partial charge >= 0.3 is 0 Å². The lowest BCUT2D eigenvalue weighted by Gasteiger charge is -2.26. The minimum atomic E-state index is 0.157. The summed E-state index contributed by atoms with van der Waals surface area (Å²) >= 11 is 0. The summed E-state index contributed by atoms with van der Waals surface area (Å²) in [5.41, 5.74) is 6.99. The van der Waals surface area contributed by atoms with Gasteiger partial charge in [0.25, 0.3) is 0 Å². The number of aromatic nitrogens is 1. The van der Waals surface area contributed by atoms with Crippen LogP contribution in [0.3, 0.4) is 0 Å². The molecule has 1 aromatic heterocycles. The average Bonchev–Trinajstić information content (AvgIpc) is 2.42. The molecule has 0 bridgehead atoms. The van der Waals surface area contributed by atoms with Crippen molar-refractivity contribution in [3.63, 3.8) is 0 Å². The quantitative estimate of drug-likeness (QED) is 0.668. The van der Waals surface area contributed by atoms with E-state index in [2.05, 4.69) is 67.6 Å². The lowest BCUT2D eigenvalue weighted by molar-refractivity contribution is 0.590. The number of benzene rings is 1. The Morgan fingerprint density at radius 1 is 0.950 bits per heavy atom. The van der Waals surface area contributed by atoms with Crippen LogP contribution in [-0.4, -0.2) is 4.98 Å². The van der Waals surface area contributed by atoms with E-state index >= 15 is 0 Å². The van der Waals surface area contributed by atoms with Gasteiger partial charge in [-0.15, -0.1) is 0 Å². The largest absolute Gasteiger partial charge is 0.352 e. The second kappa shape index (κ2) is 4.51. The molecule has 2 N–H and O–H groups in total. The van der Waals surface area contributed by atoms with Gasteiger partial charge in [0.05, 0.1) is 28.9 Å². The summed E-state index contributed by atoms with van der Waals surface area (Å²) in [6.45, 7) is 8.82. The maximum Gasteiger partial charge on any atom is 0.0810 e. The van der Waals surface area contributed by atoms with Gasteiger partial charge in [-0.2, -0.15) is 0 Å². The predicted octanol–water partition coefficient (Wildman–Crippen LogP) is 4.74. The van der Waals surface area contributed by atoms with Gasteiger partial charge in [0.1, 0.15) is 0 Å². The number of rotatable bonds is 1. The van der Waals surface area contributed by atoms with Crippen LogP contribution in [0, 0.1) is 0 Å². The van der Waals surface area contributed by atoms with Gasteiger partial charge in [-0.3, -0.25) is 4.98 Å². The average molecular weight is 267 g/mol. The van der Waals surface area contributed by atoms with Crippen LogP contribution in [0.2, 0.25) is 0 Å². The summed E-state index contributed by atoms with van der Waals surface area (Å²) in [4.78, 5) is 4.44. The van der Waals surface area contributed by atoms with Crippen LogP contribution in [0.5, 0.6) is 0 Å². The molecule has 3 rings (SSSR count). The van der Waals surface area contributed by atoms with Crippen LogP contribution in [0.15, 0.2) is 30.5 Å². The number of pyridine rings is 1. The van der Waals surface area contributed by atoms with E-state index < -0.39 is 0 Å². The summed E-state index contributed by atoms with van der Waals surface area (Å²) < 4.78 is 0. The lowest BCUT2D eigenvalue weighted by Crippen LogP contribution is -2.13. The third-order valence-corrected chi connectivity index (χ3v) is 3.75. The normalized spacial score (nSPS) is 13.0. The Morgan fingerprint density at radius 2 is 1.65 bits per heavy atom. The molecule has 20 heavy (non-hydrogen) atoms. The van der Waals surface area contributed by atoms with E-state index in [0.717, 1.165) is 34.9 Å². The summed E-state index contributed by atoms with van der Waals surface area (Å²) in [5, 5.41) is 6.97. The number of nitrogens with zero attached hydrogens (tertiary/aromatic N) is 1. The molecule has 2 aromatic rings. The monoisotopic (exact) mass is 267 g/mol. The summed E-state index contributed by atoms with van der Waals surface area (Å²) in [6.07, 6.45) is 2.85. The molecule has 0 unspecified atom stereocenters. The van der Waals surface area contributed by atoms with E-state index in [4.69, 9.17) is 0 Å². The minimum Gasteiger partial charge on any atom is -0.352 e. The van der Waals surface area contributed by atoms with Crippen molar-refractivity contribution in [1.29, 1.82) is 0 Å². The maximum atomic E-state index is 4.44. The molecule has 0 spiro atoms. The van der Waals surface area contributed by atoms with Crippen molar-refractivity contribution in [1.82, 2.24) is 4.98 Å². The van der Waals surface area contributed by atoms with Gasteiger partial charge in [-0.1, -0.05) is 33.8 Å². The number of hydrogen-bond acceptors (Lipinski definition) is 3. The number of hydrogen-bond donors (Lipinski definition) is 2. The highest BCUT2D eigenvalue weighted by Gasteiger charge is 2.19. The van der Waals surface area contributed by atoms with E-state index in [1.807, 2.05) is 6.20 Å². The zero-order valence-electron chi connectivity index (χ0n) is 12.5. The molecule has 0 atom stereocenters. The highest BCUT2D eigenvalue weighted by molar-refractivity contribution is 5.90. The van der Waals surface area contributed by atoms with Crippen LogP contribution in [-0.2, 0) is 11.8 Å².